The second-order valence-electron chi connectivity index (χ2n) is 9.47. The fourth-order valence-corrected chi connectivity index (χ4v) is 5.39. The van der Waals surface area contributed by atoms with Gasteiger partial charge in [-0.25, -0.2) is 9.55 Å². The van der Waals surface area contributed by atoms with Crippen LogP contribution in [0.5, 0.6) is 0 Å². The number of rotatable bonds is 3. The summed E-state index contributed by atoms with van der Waals surface area (Å²) in [6, 6.07) is 35.4. The van der Waals surface area contributed by atoms with Gasteiger partial charge in [-0.15, -0.1) is 0 Å². The molecule has 4 heterocycles. The molecule has 0 radical (unpaired) electrons. The average Bonchev–Trinajstić information content (AvgIpc) is 3.58. The number of hydrogen-bond acceptors (Lipinski definition) is 4. The first-order valence-electron chi connectivity index (χ1n) is 12.7. The Balaban J connectivity index is 1.56. The van der Waals surface area contributed by atoms with Crippen molar-refractivity contribution in [2.24, 2.45) is 0 Å². The monoisotopic (exact) mass is 504 g/mol. The Hall–Kier alpha value is -5.56. The van der Waals surface area contributed by atoms with Gasteiger partial charge in [0.25, 0.3) is 5.56 Å². The molecule has 0 amide bonds. The molecule has 8 rings (SSSR count). The van der Waals surface area contributed by atoms with Gasteiger partial charge in [0.2, 0.25) is 5.95 Å². The van der Waals surface area contributed by atoms with Crippen LogP contribution in [0.2, 0.25) is 0 Å². The molecule has 184 valence electrons. The highest BCUT2D eigenvalue weighted by Gasteiger charge is 2.23. The zero-order valence-electron chi connectivity index (χ0n) is 20.6. The number of nitrogens with zero attached hydrogens (tertiary/aromatic N) is 4. The van der Waals surface area contributed by atoms with E-state index in [1.165, 1.54) is 0 Å². The summed E-state index contributed by atoms with van der Waals surface area (Å²) in [4.78, 5) is 36.1. The van der Waals surface area contributed by atoms with Crippen LogP contribution in [0.4, 0.5) is 0 Å². The van der Waals surface area contributed by atoms with Crippen LogP contribution in [0.1, 0.15) is 0 Å². The lowest BCUT2D eigenvalue weighted by Gasteiger charge is -2.11. The third kappa shape index (κ3) is 3.23. The van der Waals surface area contributed by atoms with E-state index in [4.69, 9.17) is 15.0 Å². The minimum atomic E-state index is -0.191. The Bertz CT molecular complexity index is 2190. The van der Waals surface area contributed by atoms with Gasteiger partial charge >= 0.3 is 0 Å². The standard InChI is InChI=1S/C32H20N6O/c39-31-25-21-15-7-9-17-23(21)33-26(25)27-28(22-16-8-10-18-24(22)34-27)38(31)32-36-29(19-11-3-1-4-12-19)35-30(37-32)20-13-5-2-6-14-20/h1-18,33-34H. The lowest BCUT2D eigenvalue weighted by Crippen LogP contribution is -2.22. The highest BCUT2D eigenvalue weighted by Crippen LogP contribution is 2.34. The molecule has 0 aliphatic carbocycles. The van der Waals surface area contributed by atoms with Crippen molar-refractivity contribution >= 4 is 43.7 Å². The van der Waals surface area contributed by atoms with E-state index < -0.39 is 0 Å². The van der Waals surface area contributed by atoms with Crippen LogP contribution in [0.3, 0.4) is 0 Å². The van der Waals surface area contributed by atoms with Gasteiger partial charge in [0.05, 0.1) is 21.9 Å². The third-order valence-corrected chi connectivity index (χ3v) is 7.16. The molecule has 2 N–H and O–H groups in total. The van der Waals surface area contributed by atoms with E-state index in [1.807, 2.05) is 109 Å². The summed E-state index contributed by atoms with van der Waals surface area (Å²) < 4.78 is 1.64. The number of aromatic nitrogens is 6. The van der Waals surface area contributed by atoms with Crippen molar-refractivity contribution in [1.82, 2.24) is 29.5 Å². The number of H-pyrrole nitrogens is 2. The van der Waals surface area contributed by atoms with Crippen LogP contribution < -0.4 is 5.56 Å². The Morgan fingerprint density at radius 1 is 0.538 bits per heavy atom. The van der Waals surface area contributed by atoms with E-state index in [0.717, 1.165) is 49.5 Å². The number of para-hydroxylation sites is 2. The van der Waals surface area contributed by atoms with Crippen molar-refractivity contribution in [1.29, 1.82) is 0 Å². The molecule has 0 atom stereocenters. The van der Waals surface area contributed by atoms with Crippen LogP contribution >= 0.6 is 0 Å². The van der Waals surface area contributed by atoms with Crippen molar-refractivity contribution in [3.63, 3.8) is 0 Å². The Kier molecular flexibility index (Phi) is 4.54. The first kappa shape index (κ1) is 21.5. The fraction of sp³-hybridized carbons (Fsp3) is 0. The predicted molar refractivity (Wildman–Crippen MR) is 155 cm³/mol. The van der Waals surface area contributed by atoms with Crippen LogP contribution in [0.15, 0.2) is 114 Å². The van der Waals surface area contributed by atoms with Gasteiger partial charge in [0.1, 0.15) is 0 Å². The largest absolute Gasteiger partial charge is 0.353 e. The smallest absolute Gasteiger partial charge is 0.268 e. The zero-order chi connectivity index (χ0) is 25.9. The number of benzene rings is 4. The molecule has 7 nitrogen and oxygen atoms in total. The predicted octanol–water partition coefficient (Wildman–Crippen LogP) is 6.63. The van der Waals surface area contributed by atoms with Crippen LogP contribution in [0, 0.1) is 0 Å². The topological polar surface area (TPSA) is 92.2 Å². The minimum absolute atomic E-state index is 0.191. The van der Waals surface area contributed by atoms with Crippen molar-refractivity contribution in [3.05, 3.63) is 120 Å². The van der Waals surface area contributed by atoms with E-state index in [0.29, 0.717) is 17.0 Å². The summed E-state index contributed by atoms with van der Waals surface area (Å²) in [6.07, 6.45) is 0. The number of hydrogen-bond donors (Lipinski definition) is 2. The number of nitrogens with one attached hydrogen (secondary N) is 2. The van der Waals surface area contributed by atoms with Gasteiger partial charge in [0.15, 0.2) is 11.6 Å². The SMILES string of the molecule is O=c1c2c3ccccc3[nH]c2c2[nH]c3ccccc3c2n1-c1nc(-c2ccccc2)nc(-c2ccccc2)n1. The Morgan fingerprint density at radius 3 is 1.69 bits per heavy atom. The first-order valence-corrected chi connectivity index (χ1v) is 12.7. The maximum atomic E-state index is 14.5. The van der Waals surface area contributed by atoms with Gasteiger partial charge in [-0.05, 0) is 12.1 Å². The van der Waals surface area contributed by atoms with E-state index in [9.17, 15) is 4.79 Å². The van der Waals surface area contributed by atoms with Gasteiger partial charge in [-0.3, -0.25) is 4.79 Å². The minimum Gasteiger partial charge on any atom is -0.353 e. The van der Waals surface area contributed by atoms with Gasteiger partial charge in [-0.1, -0.05) is 97.1 Å². The molecule has 8 aromatic rings. The highest BCUT2D eigenvalue weighted by atomic mass is 16.1. The molecule has 0 fully saturated rings. The summed E-state index contributed by atoms with van der Waals surface area (Å²) in [5.41, 5.74) is 5.63. The summed E-state index contributed by atoms with van der Waals surface area (Å²) in [7, 11) is 0. The number of aromatic amines is 2. The molecule has 0 unspecified atom stereocenters. The molecule has 0 bridgehead atoms. The zero-order valence-corrected chi connectivity index (χ0v) is 20.6. The molecule has 0 saturated carbocycles. The quantitative estimate of drug-likeness (QED) is 0.283. The van der Waals surface area contributed by atoms with Gasteiger partial charge in [-0.2, -0.15) is 9.97 Å². The number of fused-ring (bicyclic) bond motifs is 7. The fourth-order valence-electron chi connectivity index (χ4n) is 5.39. The summed E-state index contributed by atoms with van der Waals surface area (Å²) in [6.45, 7) is 0. The third-order valence-electron chi connectivity index (χ3n) is 7.16. The molecule has 4 aromatic heterocycles. The molecule has 39 heavy (non-hydrogen) atoms. The molecule has 4 aromatic carbocycles. The van der Waals surface area contributed by atoms with E-state index in [1.54, 1.807) is 4.57 Å². The van der Waals surface area contributed by atoms with E-state index in [2.05, 4.69) is 9.97 Å². The molecular weight excluding hydrogens is 484 g/mol. The maximum Gasteiger partial charge on any atom is 0.268 e. The molecule has 7 heteroatoms. The van der Waals surface area contributed by atoms with Crippen molar-refractivity contribution < 1.29 is 0 Å². The Labute approximate surface area is 221 Å². The second-order valence-corrected chi connectivity index (χ2v) is 9.47. The average molecular weight is 505 g/mol. The Morgan fingerprint density at radius 2 is 1.05 bits per heavy atom. The maximum absolute atomic E-state index is 14.5. The van der Waals surface area contributed by atoms with E-state index in [-0.39, 0.29) is 11.5 Å². The summed E-state index contributed by atoms with van der Waals surface area (Å²) in [5.74, 6) is 1.27. The van der Waals surface area contributed by atoms with Crippen LogP contribution in [0.25, 0.3) is 72.5 Å². The normalized spacial score (nSPS) is 11.7. The van der Waals surface area contributed by atoms with Crippen molar-refractivity contribution in [2.45, 2.75) is 0 Å². The lowest BCUT2D eigenvalue weighted by atomic mass is 10.1. The second kappa shape index (κ2) is 8.22. The van der Waals surface area contributed by atoms with Crippen LogP contribution in [-0.2, 0) is 0 Å². The molecule has 0 spiro atoms. The highest BCUT2D eigenvalue weighted by molar-refractivity contribution is 6.20. The molecule has 0 saturated heterocycles. The van der Waals surface area contributed by atoms with Crippen molar-refractivity contribution in [3.8, 4) is 28.7 Å². The van der Waals surface area contributed by atoms with E-state index >= 15 is 0 Å². The molecular formula is C32H20N6O. The summed E-state index contributed by atoms with van der Waals surface area (Å²) in [5, 5.41) is 2.35. The molecule has 0 aliphatic heterocycles. The number of pyridine rings is 1. The van der Waals surface area contributed by atoms with Crippen LogP contribution in [-0.4, -0.2) is 29.5 Å². The van der Waals surface area contributed by atoms with Gasteiger partial charge in [0, 0.05) is 32.9 Å². The molecule has 0 aliphatic rings. The lowest BCUT2D eigenvalue weighted by molar-refractivity contribution is 0.909. The first-order chi connectivity index (χ1) is 19.3. The van der Waals surface area contributed by atoms with Crippen molar-refractivity contribution in [2.75, 3.05) is 0 Å². The summed E-state index contributed by atoms with van der Waals surface area (Å²) >= 11 is 0. The van der Waals surface area contributed by atoms with Gasteiger partial charge < -0.3 is 9.97 Å².